The number of piperidine rings is 1. The minimum Gasteiger partial charge on any atom is -0.303 e. The summed E-state index contributed by atoms with van der Waals surface area (Å²) >= 11 is 0. The first-order valence-electron chi connectivity index (χ1n) is 10.2. The zero-order chi connectivity index (χ0) is 18.4. The Morgan fingerprint density at radius 2 is 1.81 bits per heavy atom. The molecule has 2 aliphatic heterocycles. The number of nitrogens with zero attached hydrogens (tertiary/aromatic N) is 5. The lowest BCUT2D eigenvalue weighted by Crippen LogP contribution is -2.39. The molecule has 1 aliphatic carbocycles. The van der Waals surface area contributed by atoms with Gasteiger partial charge in [0.05, 0.1) is 17.2 Å². The molecule has 27 heavy (non-hydrogen) atoms. The van der Waals surface area contributed by atoms with Crippen molar-refractivity contribution in [2.75, 3.05) is 31.1 Å². The molecular formula is C19H27N5O2S. The van der Waals surface area contributed by atoms with Gasteiger partial charge in [0.1, 0.15) is 9.84 Å². The number of hydrogen-bond acceptors (Lipinski definition) is 6. The number of fused-ring (bicyclic) bond motifs is 2. The summed E-state index contributed by atoms with van der Waals surface area (Å²) in [6, 6.07) is 2.16. The van der Waals surface area contributed by atoms with Gasteiger partial charge in [-0.15, -0.1) is 10.2 Å². The van der Waals surface area contributed by atoms with E-state index in [1.165, 1.54) is 17.7 Å². The summed E-state index contributed by atoms with van der Waals surface area (Å²) in [5.74, 6) is 2.70. The van der Waals surface area contributed by atoms with E-state index in [-0.39, 0.29) is 0 Å². The van der Waals surface area contributed by atoms with Gasteiger partial charge in [-0.25, -0.2) is 8.42 Å². The van der Waals surface area contributed by atoms with Crippen LogP contribution >= 0.6 is 0 Å². The zero-order valence-corrected chi connectivity index (χ0v) is 16.5. The average Bonchev–Trinajstić information content (AvgIpc) is 3.28. The highest BCUT2D eigenvalue weighted by Gasteiger charge is 2.29. The van der Waals surface area contributed by atoms with Gasteiger partial charge in [-0.1, -0.05) is 0 Å². The normalized spacial score (nSPS) is 24.4. The maximum atomic E-state index is 11.6. The highest BCUT2D eigenvalue weighted by atomic mass is 32.2. The molecule has 5 rings (SSSR count). The maximum Gasteiger partial charge on any atom is 0.178 e. The van der Waals surface area contributed by atoms with Crippen LogP contribution in [-0.2, 0) is 22.7 Å². The second-order valence-corrected chi connectivity index (χ2v) is 10.8. The zero-order valence-electron chi connectivity index (χ0n) is 15.7. The molecule has 0 atom stereocenters. The van der Waals surface area contributed by atoms with Gasteiger partial charge in [0.15, 0.2) is 11.5 Å². The molecule has 4 heterocycles. The molecule has 0 radical (unpaired) electrons. The van der Waals surface area contributed by atoms with E-state index in [1.54, 1.807) is 0 Å². The van der Waals surface area contributed by atoms with E-state index in [0.29, 0.717) is 23.3 Å². The van der Waals surface area contributed by atoms with Crippen molar-refractivity contribution in [2.45, 2.75) is 50.9 Å². The van der Waals surface area contributed by atoms with Crippen molar-refractivity contribution in [1.82, 2.24) is 24.7 Å². The Hall–Kier alpha value is -1.54. The summed E-state index contributed by atoms with van der Waals surface area (Å²) in [7, 11) is -2.76. The van der Waals surface area contributed by atoms with Crippen LogP contribution < -0.4 is 0 Å². The van der Waals surface area contributed by atoms with E-state index < -0.39 is 9.84 Å². The van der Waals surface area contributed by atoms with Gasteiger partial charge in [-0.05, 0) is 75.6 Å². The van der Waals surface area contributed by atoms with E-state index in [1.807, 2.05) is 4.52 Å². The maximum absolute atomic E-state index is 11.6. The van der Waals surface area contributed by atoms with Gasteiger partial charge in [0.2, 0.25) is 0 Å². The van der Waals surface area contributed by atoms with E-state index in [9.17, 15) is 8.42 Å². The van der Waals surface area contributed by atoms with Crippen molar-refractivity contribution >= 4 is 15.5 Å². The van der Waals surface area contributed by atoms with Crippen LogP contribution in [0.5, 0.6) is 0 Å². The first kappa shape index (κ1) is 17.6. The average molecular weight is 390 g/mol. The first-order chi connectivity index (χ1) is 13.1. The van der Waals surface area contributed by atoms with Crippen molar-refractivity contribution in [3.63, 3.8) is 0 Å². The SMILES string of the molecule is O=S1(=O)CCC(CN2CCC(c3nnc4cc5c(nn34)CCC5)CC2)CC1. The largest absolute Gasteiger partial charge is 0.303 e. The summed E-state index contributed by atoms with van der Waals surface area (Å²) in [4.78, 5) is 2.51. The fraction of sp³-hybridized carbons (Fsp3) is 0.737. The smallest absolute Gasteiger partial charge is 0.178 e. The quantitative estimate of drug-likeness (QED) is 0.794. The lowest BCUT2D eigenvalue weighted by atomic mass is 9.94. The topological polar surface area (TPSA) is 80.5 Å². The molecule has 0 bridgehead atoms. The lowest BCUT2D eigenvalue weighted by molar-refractivity contribution is 0.174. The predicted octanol–water partition coefficient (Wildman–Crippen LogP) is 1.62. The molecule has 2 aromatic heterocycles. The highest BCUT2D eigenvalue weighted by Crippen LogP contribution is 2.30. The Morgan fingerprint density at radius 3 is 2.59 bits per heavy atom. The molecule has 0 saturated carbocycles. The molecule has 0 amide bonds. The van der Waals surface area contributed by atoms with Crippen molar-refractivity contribution in [3.8, 4) is 0 Å². The summed E-state index contributed by atoms with van der Waals surface area (Å²) in [6.07, 6.45) is 7.17. The number of hydrogen-bond donors (Lipinski definition) is 0. The molecule has 8 heteroatoms. The van der Waals surface area contributed by atoms with Crippen LogP contribution in [0, 0.1) is 5.92 Å². The Labute approximate surface area is 160 Å². The third kappa shape index (κ3) is 3.49. The summed E-state index contributed by atoms with van der Waals surface area (Å²) in [6.45, 7) is 3.14. The van der Waals surface area contributed by atoms with Gasteiger partial charge < -0.3 is 4.90 Å². The molecule has 0 unspecified atom stereocenters. The summed E-state index contributed by atoms with van der Waals surface area (Å²) in [5.41, 5.74) is 3.44. The molecule has 2 saturated heterocycles. The van der Waals surface area contributed by atoms with E-state index in [0.717, 1.165) is 69.6 Å². The molecule has 0 aromatic carbocycles. The van der Waals surface area contributed by atoms with Crippen LogP contribution in [-0.4, -0.2) is 64.3 Å². The molecule has 7 nitrogen and oxygen atoms in total. The fourth-order valence-electron chi connectivity index (χ4n) is 4.91. The lowest BCUT2D eigenvalue weighted by Gasteiger charge is -2.34. The third-order valence-electron chi connectivity index (χ3n) is 6.59. The standard InChI is InChI=1S/C19H27N5O2S/c25-27(26)10-6-14(7-11-27)13-23-8-4-15(5-9-23)19-21-20-18-12-16-2-1-3-17(16)22-24(18)19/h12,14-15H,1-11,13H2. The van der Waals surface area contributed by atoms with E-state index >= 15 is 0 Å². The summed E-state index contributed by atoms with van der Waals surface area (Å²) in [5, 5.41) is 13.7. The molecule has 2 fully saturated rings. The van der Waals surface area contributed by atoms with Crippen LogP contribution in [0.4, 0.5) is 0 Å². The Bertz CT molecular complexity index is 932. The van der Waals surface area contributed by atoms with Gasteiger partial charge >= 0.3 is 0 Å². The third-order valence-corrected chi connectivity index (χ3v) is 8.30. The van der Waals surface area contributed by atoms with Crippen LogP contribution in [0.25, 0.3) is 5.65 Å². The van der Waals surface area contributed by atoms with Gasteiger partial charge in [-0.3, -0.25) is 0 Å². The highest BCUT2D eigenvalue weighted by molar-refractivity contribution is 7.91. The fourth-order valence-corrected chi connectivity index (χ4v) is 6.50. The Balaban J connectivity index is 1.23. The molecule has 0 spiro atoms. The number of sulfone groups is 1. The summed E-state index contributed by atoms with van der Waals surface area (Å²) < 4.78 is 25.2. The van der Waals surface area contributed by atoms with Crippen molar-refractivity contribution in [2.24, 2.45) is 5.92 Å². The molecule has 146 valence electrons. The van der Waals surface area contributed by atoms with Crippen molar-refractivity contribution in [1.29, 1.82) is 0 Å². The van der Waals surface area contributed by atoms with Gasteiger partial charge in [-0.2, -0.15) is 9.61 Å². The second kappa shape index (κ2) is 6.81. The first-order valence-corrected chi connectivity index (χ1v) is 12.1. The number of rotatable bonds is 3. The second-order valence-electron chi connectivity index (χ2n) is 8.47. The van der Waals surface area contributed by atoms with Crippen LogP contribution in [0.2, 0.25) is 0 Å². The van der Waals surface area contributed by atoms with Crippen molar-refractivity contribution < 1.29 is 8.42 Å². The minimum absolute atomic E-state index is 0.371. The van der Waals surface area contributed by atoms with Gasteiger partial charge in [0.25, 0.3) is 0 Å². The molecule has 0 N–H and O–H groups in total. The van der Waals surface area contributed by atoms with Crippen LogP contribution in [0.15, 0.2) is 6.07 Å². The number of aryl methyl sites for hydroxylation is 2. The minimum atomic E-state index is -2.76. The van der Waals surface area contributed by atoms with Gasteiger partial charge in [0, 0.05) is 12.5 Å². The Kier molecular flexibility index (Phi) is 4.43. The number of aromatic nitrogens is 4. The predicted molar refractivity (Wildman–Crippen MR) is 103 cm³/mol. The molecule has 2 aromatic rings. The molecular weight excluding hydrogens is 362 g/mol. The van der Waals surface area contributed by atoms with Crippen LogP contribution in [0.1, 0.15) is 55.1 Å². The molecule has 3 aliphatic rings. The van der Waals surface area contributed by atoms with E-state index in [2.05, 4.69) is 21.2 Å². The van der Waals surface area contributed by atoms with Crippen molar-refractivity contribution in [3.05, 3.63) is 23.1 Å². The Morgan fingerprint density at radius 1 is 1.04 bits per heavy atom. The van der Waals surface area contributed by atoms with Crippen LogP contribution in [0.3, 0.4) is 0 Å². The van der Waals surface area contributed by atoms with E-state index in [4.69, 9.17) is 5.10 Å². The monoisotopic (exact) mass is 389 g/mol. The number of likely N-dealkylation sites (tertiary alicyclic amines) is 1.